The second-order valence-corrected chi connectivity index (χ2v) is 4.15. The SMILES string of the molecule is O=C(c1ccc(C#CCO)c(F)c1)N1CCCC1. The lowest BCUT2D eigenvalue weighted by Gasteiger charge is -2.15. The van der Waals surface area contributed by atoms with Gasteiger partial charge in [-0.05, 0) is 31.0 Å². The van der Waals surface area contributed by atoms with Gasteiger partial charge >= 0.3 is 0 Å². The topological polar surface area (TPSA) is 40.5 Å². The molecule has 1 fully saturated rings. The second kappa shape index (κ2) is 5.65. The van der Waals surface area contributed by atoms with E-state index in [0.717, 1.165) is 25.9 Å². The highest BCUT2D eigenvalue weighted by Gasteiger charge is 2.20. The molecule has 0 saturated carbocycles. The maximum absolute atomic E-state index is 13.7. The molecule has 1 saturated heterocycles. The zero-order valence-electron chi connectivity index (χ0n) is 9.95. The molecule has 1 aliphatic rings. The highest BCUT2D eigenvalue weighted by Crippen LogP contribution is 2.15. The number of amides is 1. The molecule has 1 heterocycles. The van der Waals surface area contributed by atoms with Crippen molar-refractivity contribution in [3.05, 3.63) is 35.1 Å². The first-order valence-corrected chi connectivity index (χ1v) is 5.91. The number of aliphatic hydroxyl groups excluding tert-OH is 1. The Morgan fingerprint density at radius 2 is 2.11 bits per heavy atom. The second-order valence-electron chi connectivity index (χ2n) is 4.15. The minimum absolute atomic E-state index is 0.131. The number of carbonyl (C=O) groups is 1. The summed E-state index contributed by atoms with van der Waals surface area (Å²) in [7, 11) is 0. The molecule has 0 bridgehead atoms. The predicted molar refractivity (Wildman–Crippen MR) is 65.5 cm³/mol. The Balaban J connectivity index is 2.20. The molecule has 2 rings (SSSR count). The van der Waals surface area contributed by atoms with Crippen LogP contribution in [0.2, 0.25) is 0 Å². The van der Waals surface area contributed by atoms with Crippen molar-refractivity contribution in [2.75, 3.05) is 19.7 Å². The molecule has 1 aromatic carbocycles. The van der Waals surface area contributed by atoms with Crippen molar-refractivity contribution in [2.45, 2.75) is 12.8 Å². The van der Waals surface area contributed by atoms with Crippen LogP contribution in [0.25, 0.3) is 0 Å². The van der Waals surface area contributed by atoms with Crippen LogP contribution in [0.15, 0.2) is 18.2 Å². The lowest BCUT2D eigenvalue weighted by atomic mass is 10.1. The van der Waals surface area contributed by atoms with Crippen molar-refractivity contribution in [3.63, 3.8) is 0 Å². The summed E-state index contributed by atoms with van der Waals surface area (Å²) in [6.07, 6.45) is 2.02. The van der Waals surface area contributed by atoms with Crippen molar-refractivity contribution in [3.8, 4) is 11.8 Å². The van der Waals surface area contributed by atoms with Crippen LogP contribution >= 0.6 is 0 Å². The molecule has 0 aromatic heterocycles. The minimum Gasteiger partial charge on any atom is -0.384 e. The van der Waals surface area contributed by atoms with Crippen LogP contribution < -0.4 is 0 Å². The molecule has 0 atom stereocenters. The van der Waals surface area contributed by atoms with Gasteiger partial charge in [0.2, 0.25) is 0 Å². The number of benzene rings is 1. The maximum atomic E-state index is 13.7. The third kappa shape index (κ3) is 2.69. The summed E-state index contributed by atoms with van der Waals surface area (Å²) in [6.45, 7) is 1.17. The minimum atomic E-state index is -0.527. The van der Waals surface area contributed by atoms with Gasteiger partial charge < -0.3 is 10.0 Å². The quantitative estimate of drug-likeness (QED) is 0.762. The standard InChI is InChI=1S/C14H14FNO2/c15-13-10-12(6-5-11(13)4-3-9-17)14(18)16-7-1-2-8-16/h5-6,10,17H,1-2,7-9H2. The number of aliphatic hydroxyl groups is 1. The molecule has 1 amide bonds. The Hall–Kier alpha value is -1.86. The number of nitrogens with zero attached hydrogens (tertiary/aromatic N) is 1. The van der Waals surface area contributed by atoms with E-state index >= 15 is 0 Å². The molecule has 0 spiro atoms. The molecule has 0 aliphatic carbocycles. The Morgan fingerprint density at radius 3 is 2.72 bits per heavy atom. The van der Waals surface area contributed by atoms with Gasteiger partial charge in [-0.1, -0.05) is 11.8 Å². The van der Waals surface area contributed by atoms with E-state index in [1.54, 1.807) is 11.0 Å². The van der Waals surface area contributed by atoms with Crippen LogP contribution in [0.1, 0.15) is 28.8 Å². The van der Waals surface area contributed by atoms with Crippen LogP contribution in [-0.4, -0.2) is 35.6 Å². The van der Waals surface area contributed by atoms with Crippen molar-refractivity contribution < 1.29 is 14.3 Å². The molecule has 1 aliphatic heterocycles. The Labute approximate surface area is 105 Å². The smallest absolute Gasteiger partial charge is 0.253 e. The Morgan fingerprint density at radius 1 is 1.39 bits per heavy atom. The molecular formula is C14H14FNO2. The van der Waals surface area contributed by atoms with Crippen LogP contribution in [0.3, 0.4) is 0 Å². The molecule has 1 aromatic rings. The lowest BCUT2D eigenvalue weighted by Crippen LogP contribution is -2.27. The molecular weight excluding hydrogens is 233 g/mol. The predicted octanol–water partition coefficient (Wildman–Crippen LogP) is 1.41. The number of hydrogen-bond acceptors (Lipinski definition) is 2. The molecule has 94 valence electrons. The number of likely N-dealkylation sites (tertiary alicyclic amines) is 1. The van der Waals surface area contributed by atoms with E-state index in [0.29, 0.717) is 5.56 Å². The summed E-state index contributed by atoms with van der Waals surface area (Å²) < 4.78 is 13.7. The maximum Gasteiger partial charge on any atom is 0.253 e. The molecule has 0 unspecified atom stereocenters. The summed E-state index contributed by atoms with van der Waals surface area (Å²) in [5.74, 6) is 4.22. The van der Waals surface area contributed by atoms with Gasteiger partial charge in [0.1, 0.15) is 12.4 Å². The average molecular weight is 247 g/mol. The van der Waals surface area contributed by atoms with Crippen molar-refractivity contribution in [1.29, 1.82) is 0 Å². The van der Waals surface area contributed by atoms with Gasteiger partial charge in [0, 0.05) is 18.7 Å². The number of hydrogen-bond donors (Lipinski definition) is 1. The normalized spacial score (nSPS) is 14.2. The van der Waals surface area contributed by atoms with Gasteiger partial charge in [0.05, 0.1) is 5.56 Å². The summed E-state index contributed by atoms with van der Waals surface area (Å²) in [6, 6.07) is 4.26. The van der Waals surface area contributed by atoms with E-state index in [2.05, 4.69) is 11.8 Å². The Bertz CT molecular complexity index is 510. The molecule has 4 heteroatoms. The summed E-state index contributed by atoms with van der Waals surface area (Å²) >= 11 is 0. The van der Waals surface area contributed by atoms with Crippen LogP contribution in [0.5, 0.6) is 0 Å². The molecule has 3 nitrogen and oxygen atoms in total. The van der Waals surface area contributed by atoms with E-state index in [-0.39, 0.29) is 18.1 Å². The lowest BCUT2D eigenvalue weighted by molar-refractivity contribution is 0.0792. The third-order valence-electron chi connectivity index (χ3n) is 2.91. The summed E-state index contributed by atoms with van der Waals surface area (Å²) in [5, 5.41) is 8.55. The Kier molecular flexibility index (Phi) is 3.96. The monoisotopic (exact) mass is 247 g/mol. The van der Waals surface area contributed by atoms with Crippen molar-refractivity contribution >= 4 is 5.91 Å². The fourth-order valence-electron chi connectivity index (χ4n) is 1.99. The number of halogens is 1. The fourth-order valence-corrected chi connectivity index (χ4v) is 1.99. The molecule has 1 N–H and O–H groups in total. The first-order chi connectivity index (χ1) is 8.72. The zero-order chi connectivity index (χ0) is 13.0. The first-order valence-electron chi connectivity index (χ1n) is 5.91. The van der Waals surface area contributed by atoms with E-state index in [1.165, 1.54) is 12.1 Å². The van der Waals surface area contributed by atoms with Crippen LogP contribution in [-0.2, 0) is 0 Å². The number of rotatable bonds is 1. The van der Waals surface area contributed by atoms with E-state index < -0.39 is 5.82 Å². The highest BCUT2D eigenvalue weighted by molar-refractivity contribution is 5.94. The van der Waals surface area contributed by atoms with E-state index in [9.17, 15) is 9.18 Å². The van der Waals surface area contributed by atoms with Gasteiger partial charge in [0.25, 0.3) is 5.91 Å². The third-order valence-corrected chi connectivity index (χ3v) is 2.91. The number of carbonyl (C=O) groups excluding carboxylic acids is 1. The summed E-state index contributed by atoms with van der Waals surface area (Å²) in [4.78, 5) is 13.7. The van der Waals surface area contributed by atoms with Gasteiger partial charge in [-0.15, -0.1) is 0 Å². The van der Waals surface area contributed by atoms with Gasteiger partial charge in [-0.2, -0.15) is 0 Å². The highest BCUT2D eigenvalue weighted by atomic mass is 19.1. The van der Waals surface area contributed by atoms with Gasteiger partial charge in [-0.3, -0.25) is 4.79 Å². The average Bonchev–Trinajstić information content (AvgIpc) is 2.90. The molecule has 0 radical (unpaired) electrons. The van der Waals surface area contributed by atoms with Crippen molar-refractivity contribution in [2.24, 2.45) is 0 Å². The van der Waals surface area contributed by atoms with Crippen LogP contribution in [0, 0.1) is 17.7 Å². The van der Waals surface area contributed by atoms with Gasteiger partial charge in [-0.25, -0.2) is 4.39 Å². The zero-order valence-corrected chi connectivity index (χ0v) is 9.95. The fraction of sp³-hybridized carbons (Fsp3) is 0.357. The largest absolute Gasteiger partial charge is 0.384 e. The molecule has 18 heavy (non-hydrogen) atoms. The first kappa shape index (κ1) is 12.6. The summed E-state index contributed by atoms with van der Waals surface area (Å²) in [5.41, 5.74) is 0.547. The van der Waals surface area contributed by atoms with E-state index in [4.69, 9.17) is 5.11 Å². The van der Waals surface area contributed by atoms with Gasteiger partial charge in [0.15, 0.2) is 0 Å². The van der Waals surface area contributed by atoms with Crippen LogP contribution in [0.4, 0.5) is 4.39 Å². The van der Waals surface area contributed by atoms with E-state index in [1.807, 2.05) is 0 Å². The van der Waals surface area contributed by atoms with Crippen molar-refractivity contribution in [1.82, 2.24) is 4.90 Å².